The first-order chi connectivity index (χ1) is 12.5. The van der Waals surface area contributed by atoms with E-state index < -0.39 is 20.2 Å². The number of hydrogen-bond donors (Lipinski definition) is 2. The monoisotopic (exact) mass is 413 g/mol. The fraction of sp³-hybridized carbons (Fsp3) is 0.294. The molecule has 0 aliphatic carbocycles. The minimum absolute atomic E-state index is 0.118. The number of rotatable bonds is 8. The molecule has 0 amide bonds. The predicted molar refractivity (Wildman–Crippen MR) is 106 cm³/mol. The van der Waals surface area contributed by atoms with Crippen LogP contribution in [0.25, 0.3) is 0 Å². The van der Waals surface area contributed by atoms with Crippen LogP contribution in [-0.2, 0) is 20.2 Å². The minimum atomic E-state index is -3.81. The average molecular weight is 414 g/mol. The molecule has 0 atom stereocenters. The molecule has 0 bridgehead atoms. The molecule has 10 heteroatoms. The molecule has 2 N–H and O–H groups in total. The van der Waals surface area contributed by atoms with Gasteiger partial charge in [0.25, 0.3) is 10.0 Å². The van der Waals surface area contributed by atoms with Crippen molar-refractivity contribution in [2.75, 3.05) is 30.1 Å². The highest BCUT2D eigenvalue weighted by atomic mass is 32.2. The number of nitrogens with zero attached hydrogens (tertiary/aromatic N) is 1. The van der Waals surface area contributed by atoms with E-state index in [9.17, 15) is 16.8 Å². The summed E-state index contributed by atoms with van der Waals surface area (Å²) < 4.78 is 60.5. The Balaban J connectivity index is 2.35. The quantitative estimate of drug-likeness (QED) is 0.691. The van der Waals surface area contributed by atoms with Gasteiger partial charge in [-0.15, -0.1) is 0 Å². The number of aryl methyl sites for hydroxylation is 1. The zero-order valence-electron chi connectivity index (χ0n) is 15.6. The van der Waals surface area contributed by atoms with E-state index in [4.69, 9.17) is 4.74 Å². The van der Waals surface area contributed by atoms with Crippen LogP contribution < -0.4 is 14.2 Å². The third-order valence-corrected chi connectivity index (χ3v) is 6.42. The van der Waals surface area contributed by atoms with Crippen LogP contribution in [0.15, 0.2) is 47.4 Å². The van der Waals surface area contributed by atoms with Gasteiger partial charge in [0.1, 0.15) is 5.75 Å². The van der Waals surface area contributed by atoms with Gasteiger partial charge in [0.15, 0.2) is 0 Å². The number of nitrogens with one attached hydrogen (secondary N) is 2. The lowest BCUT2D eigenvalue weighted by Crippen LogP contribution is -2.28. The van der Waals surface area contributed by atoms with Crippen LogP contribution in [0.5, 0.6) is 5.75 Å². The first-order valence-electron chi connectivity index (χ1n) is 8.12. The van der Waals surface area contributed by atoms with E-state index in [1.807, 2.05) is 6.92 Å². The van der Waals surface area contributed by atoms with Crippen molar-refractivity contribution in [3.8, 4) is 5.75 Å². The van der Waals surface area contributed by atoms with Crippen LogP contribution >= 0.6 is 0 Å². The Labute approximate surface area is 160 Å². The van der Waals surface area contributed by atoms with Crippen molar-refractivity contribution < 1.29 is 21.6 Å². The second-order valence-electron chi connectivity index (χ2n) is 5.95. The lowest BCUT2D eigenvalue weighted by molar-refractivity contribution is 0.342. The lowest BCUT2D eigenvalue weighted by atomic mass is 10.2. The maximum atomic E-state index is 12.6. The third kappa shape index (κ3) is 5.34. The topological polar surface area (TPSA) is 105 Å². The molecule has 0 heterocycles. The number of ether oxygens (including phenoxy) is 1. The normalized spacial score (nSPS) is 12.0. The van der Waals surface area contributed by atoms with Crippen molar-refractivity contribution in [2.45, 2.75) is 18.7 Å². The van der Waals surface area contributed by atoms with Gasteiger partial charge < -0.3 is 4.74 Å². The summed E-state index contributed by atoms with van der Waals surface area (Å²) in [6, 6.07) is 10.8. The van der Waals surface area contributed by atoms with Gasteiger partial charge in [-0.3, -0.25) is 9.44 Å². The smallest absolute Gasteiger partial charge is 0.301 e. The van der Waals surface area contributed by atoms with E-state index in [0.717, 1.165) is 9.87 Å². The first kappa shape index (κ1) is 21.0. The molecular formula is C17H23N3O5S2. The molecule has 27 heavy (non-hydrogen) atoms. The second kappa shape index (κ2) is 8.15. The zero-order chi connectivity index (χ0) is 20.2. The fourth-order valence-corrected chi connectivity index (χ4v) is 3.78. The van der Waals surface area contributed by atoms with E-state index in [2.05, 4.69) is 9.44 Å². The van der Waals surface area contributed by atoms with Crippen LogP contribution in [-0.4, -0.2) is 41.8 Å². The molecule has 0 aliphatic rings. The molecule has 148 valence electrons. The van der Waals surface area contributed by atoms with Crippen LogP contribution in [0, 0.1) is 6.92 Å². The van der Waals surface area contributed by atoms with Crippen molar-refractivity contribution in [2.24, 2.45) is 0 Å². The summed E-state index contributed by atoms with van der Waals surface area (Å²) in [6.07, 6.45) is 0. The van der Waals surface area contributed by atoms with Crippen LogP contribution in [0.1, 0.15) is 12.5 Å². The molecule has 0 saturated heterocycles. The number of hydrogen-bond acceptors (Lipinski definition) is 5. The van der Waals surface area contributed by atoms with Gasteiger partial charge in [0.05, 0.1) is 22.9 Å². The van der Waals surface area contributed by atoms with Gasteiger partial charge in [-0.2, -0.15) is 12.7 Å². The van der Waals surface area contributed by atoms with Gasteiger partial charge in [-0.25, -0.2) is 8.42 Å². The van der Waals surface area contributed by atoms with Crippen molar-refractivity contribution >= 4 is 31.6 Å². The molecule has 0 saturated carbocycles. The molecule has 0 unspecified atom stereocenters. The first-order valence-corrected chi connectivity index (χ1v) is 11.0. The van der Waals surface area contributed by atoms with Crippen LogP contribution in [0.4, 0.5) is 11.4 Å². The standard InChI is InChI=1S/C17H23N3O5S2/c1-5-25-17-12-14(18-27(23,24)20(3)4)8-11-16(17)19-26(21,22)15-9-6-13(2)7-10-15/h6-12,18-19H,5H2,1-4H3. The molecule has 0 aromatic heterocycles. The molecular weight excluding hydrogens is 390 g/mol. The van der Waals surface area contributed by atoms with Crippen molar-refractivity contribution in [3.05, 3.63) is 48.0 Å². The average Bonchev–Trinajstić information content (AvgIpc) is 2.57. The van der Waals surface area contributed by atoms with Gasteiger partial charge >= 0.3 is 10.2 Å². The highest BCUT2D eigenvalue weighted by Gasteiger charge is 2.18. The Bertz CT molecular complexity index is 1000. The van der Waals surface area contributed by atoms with E-state index >= 15 is 0 Å². The summed E-state index contributed by atoms with van der Waals surface area (Å²) in [5.41, 5.74) is 1.41. The lowest BCUT2D eigenvalue weighted by Gasteiger charge is -2.17. The van der Waals surface area contributed by atoms with Crippen molar-refractivity contribution in [1.82, 2.24) is 4.31 Å². The summed E-state index contributed by atoms with van der Waals surface area (Å²) in [7, 11) is -4.70. The number of anilines is 2. The molecule has 8 nitrogen and oxygen atoms in total. The van der Waals surface area contributed by atoms with Crippen LogP contribution in [0.2, 0.25) is 0 Å². The Hall–Kier alpha value is -2.30. The maximum absolute atomic E-state index is 12.6. The van der Waals surface area contributed by atoms with Gasteiger partial charge in [-0.05, 0) is 38.1 Å². The Kier molecular flexibility index (Phi) is 6.34. The molecule has 2 aromatic rings. The molecule has 0 spiro atoms. The van der Waals surface area contributed by atoms with Crippen LogP contribution in [0.3, 0.4) is 0 Å². The van der Waals surface area contributed by atoms with Gasteiger partial charge in [0.2, 0.25) is 0 Å². The van der Waals surface area contributed by atoms with Crippen molar-refractivity contribution in [3.63, 3.8) is 0 Å². The summed E-state index contributed by atoms with van der Waals surface area (Å²) in [4.78, 5) is 0.118. The molecule has 2 aromatic carbocycles. The summed E-state index contributed by atoms with van der Waals surface area (Å²) in [6.45, 7) is 3.89. The fourth-order valence-electron chi connectivity index (χ4n) is 2.11. The van der Waals surface area contributed by atoms with E-state index in [-0.39, 0.29) is 28.6 Å². The van der Waals surface area contributed by atoms with E-state index in [0.29, 0.717) is 0 Å². The molecule has 0 aliphatic heterocycles. The SMILES string of the molecule is CCOc1cc(NS(=O)(=O)N(C)C)ccc1NS(=O)(=O)c1ccc(C)cc1. The zero-order valence-corrected chi connectivity index (χ0v) is 17.2. The largest absolute Gasteiger partial charge is 0.492 e. The Morgan fingerprint density at radius 2 is 1.59 bits per heavy atom. The predicted octanol–water partition coefficient (Wildman–Crippen LogP) is 2.41. The highest BCUT2D eigenvalue weighted by molar-refractivity contribution is 7.92. The van der Waals surface area contributed by atoms with Crippen molar-refractivity contribution in [1.29, 1.82) is 0 Å². The summed E-state index contributed by atoms with van der Waals surface area (Å²) >= 11 is 0. The second-order valence-corrected chi connectivity index (χ2v) is 9.52. The number of sulfonamides is 1. The van der Waals surface area contributed by atoms with Gasteiger partial charge in [0, 0.05) is 20.2 Å². The molecule has 2 rings (SSSR count). The molecule has 0 fully saturated rings. The highest BCUT2D eigenvalue weighted by Crippen LogP contribution is 2.31. The maximum Gasteiger partial charge on any atom is 0.301 e. The summed E-state index contributed by atoms with van der Waals surface area (Å²) in [5, 5.41) is 0. The number of benzene rings is 2. The third-order valence-electron chi connectivity index (χ3n) is 3.58. The van der Waals surface area contributed by atoms with Gasteiger partial charge in [-0.1, -0.05) is 17.7 Å². The summed E-state index contributed by atoms with van der Waals surface area (Å²) in [5.74, 6) is 0.215. The Morgan fingerprint density at radius 1 is 0.963 bits per heavy atom. The minimum Gasteiger partial charge on any atom is -0.492 e. The van der Waals surface area contributed by atoms with E-state index in [1.165, 1.54) is 44.4 Å². The van der Waals surface area contributed by atoms with E-state index in [1.54, 1.807) is 19.1 Å². The Morgan fingerprint density at radius 3 is 2.15 bits per heavy atom. The molecule has 0 radical (unpaired) electrons.